The van der Waals surface area contributed by atoms with E-state index in [1.807, 2.05) is 30.3 Å². The van der Waals surface area contributed by atoms with Crippen LogP contribution in [0.15, 0.2) is 40.9 Å². The van der Waals surface area contributed by atoms with Gasteiger partial charge in [0, 0.05) is 11.5 Å². The summed E-state index contributed by atoms with van der Waals surface area (Å²) in [5.41, 5.74) is 0.844. The Kier molecular flexibility index (Phi) is 5.11. The summed E-state index contributed by atoms with van der Waals surface area (Å²) in [5, 5.41) is 2.54. The van der Waals surface area contributed by atoms with Crippen LogP contribution in [0.3, 0.4) is 0 Å². The largest absolute Gasteiger partial charge is 0.439 e. The van der Waals surface area contributed by atoms with Crippen molar-refractivity contribution in [3.8, 4) is 11.3 Å². The van der Waals surface area contributed by atoms with E-state index in [9.17, 15) is 18.0 Å². The molecule has 1 aliphatic carbocycles. The summed E-state index contributed by atoms with van der Waals surface area (Å²) >= 11 is 0. The molecule has 134 valence electrons. The Morgan fingerprint density at radius 3 is 2.64 bits per heavy atom. The number of carbonyl (C=O) groups is 1. The van der Waals surface area contributed by atoms with Gasteiger partial charge in [-0.2, -0.15) is 13.2 Å². The molecule has 1 aromatic carbocycles. The summed E-state index contributed by atoms with van der Waals surface area (Å²) in [6.45, 7) is -0.0211. The van der Waals surface area contributed by atoms with E-state index in [1.54, 1.807) is 0 Å². The van der Waals surface area contributed by atoms with Crippen molar-refractivity contribution in [2.75, 3.05) is 0 Å². The Bertz CT molecular complexity index is 713. The van der Waals surface area contributed by atoms with E-state index >= 15 is 0 Å². The second-order valence-electron chi connectivity index (χ2n) is 6.24. The number of oxazole rings is 1. The Hall–Kier alpha value is -2.31. The number of aromatic nitrogens is 1. The zero-order chi connectivity index (χ0) is 17.9. The van der Waals surface area contributed by atoms with E-state index in [-0.39, 0.29) is 25.3 Å². The van der Waals surface area contributed by atoms with Gasteiger partial charge in [0.15, 0.2) is 5.76 Å². The molecule has 0 aliphatic heterocycles. The van der Waals surface area contributed by atoms with Crippen molar-refractivity contribution < 1.29 is 22.4 Å². The fraction of sp³-hybridized carbons (Fsp3) is 0.444. The highest BCUT2D eigenvalue weighted by atomic mass is 19.4. The molecule has 7 heteroatoms. The zero-order valence-corrected chi connectivity index (χ0v) is 13.6. The van der Waals surface area contributed by atoms with Crippen molar-refractivity contribution in [2.45, 2.75) is 38.4 Å². The molecule has 2 aromatic rings. The minimum atomic E-state index is -4.34. The third kappa shape index (κ3) is 4.21. The van der Waals surface area contributed by atoms with Crippen LogP contribution in [0.4, 0.5) is 13.2 Å². The molecule has 4 nitrogen and oxygen atoms in total. The van der Waals surface area contributed by atoms with Crippen LogP contribution in [0, 0.1) is 11.8 Å². The van der Waals surface area contributed by atoms with Crippen LogP contribution in [0.2, 0.25) is 0 Å². The lowest BCUT2D eigenvalue weighted by atomic mass is 9.78. The molecular formula is C18H19F3N2O2. The van der Waals surface area contributed by atoms with Crippen LogP contribution in [-0.2, 0) is 11.3 Å². The quantitative estimate of drug-likeness (QED) is 0.891. The van der Waals surface area contributed by atoms with Gasteiger partial charge in [0.2, 0.25) is 11.8 Å². The minimum absolute atomic E-state index is 0.0126. The molecule has 0 bridgehead atoms. The minimum Gasteiger partial charge on any atom is -0.439 e. The van der Waals surface area contributed by atoms with E-state index in [4.69, 9.17) is 4.42 Å². The maximum Gasteiger partial charge on any atom is 0.392 e. The number of benzene rings is 1. The summed E-state index contributed by atoms with van der Waals surface area (Å²) < 4.78 is 44.8. The normalized spacial score (nSPS) is 21.1. The van der Waals surface area contributed by atoms with Crippen molar-refractivity contribution in [2.24, 2.45) is 11.8 Å². The van der Waals surface area contributed by atoms with Crippen molar-refractivity contribution in [1.82, 2.24) is 10.3 Å². The summed E-state index contributed by atoms with van der Waals surface area (Å²) in [6.07, 6.45) is -1.38. The average Bonchev–Trinajstić information content (AvgIpc) is 3.09. The van der Waals surface area contributed by atoms with Gasteiger partial charge >= 0.3 is 6.18 Å². The molecule has 0 radical (unpaired) electrons. The Balaban J connectivity index is 1.61. The molecule has 0 saturated heterocycles. The smallest absolute Gasteiger partial charge is 0.392 e. The Labute approximate surface area is 143 Å². The Morgan fingerprint density at radius 1 is 1.20 bits per heavy atom. The molecule has 1 N–H and O–H groups in total. The van der Waals surface area contributed by atoms with Crippen LogP contribution < -0.4 is 5.32 Å². The van der Waals surface area contributed by atoms with Gasteiger partial charge in [0.25, 0.3) is 0 Å². The molecule has 0 unspecified atom stereocenters. The van der Waals surface area contributed by atoms with Gasteiger partial charge in [-0.3, -0.25) is 4.79 Å². The SMILES string of the molecule is O=C(NCc1ncc(-c2ccccc2)o1)[C@H]1CCCC[C@@H]1C(F)(F)F. The summed E-state index contributed by atoms with van der Waals surface area (Å²) in [5.74, 6) is -2.35. The van der Waals surface area contributed by atoms with Crippen LogP contribution in [0.25, 0.3) is 11.3 Å². The second-order valence-corrected chi connectivity index (χ2v) is 6.24. The fourth-order valence-electron chi connectivity index (χ4n) is 3.26. The first-order valence-corrected chi connectivity index (χ1v) is 8.29. The second kappa shape index (κ2) is 7.29. The van der Waals surface area contributed by atoms with Crippen LogP contribution in [0.1, 0.15) is 31.6 Å². The zero-order valence-electron chi connectivity index (χ0n) is 13.6. The van der Waals surface area contributed by atoms with Crippen molar-refractivity contribution >= 4 is 5.91 Å². The molecule has 1 heterocycles. The highest BCUT2D eigenvalue weighted by Crippen LogP contribution is 2.41. The lowest BCUT2D eigenvalue weighted by molar-refractivity contribution is -0.198. The van der Waals surface area contributed by atoms with E-state index in [0.29, 0.717) is 18.6 Å². The maximum absolute atomic E-state index is 13.1. The molecule has 1 fully saturated rings. The van der Waals surface area contributed by atoms with Gasteiger partial charge in [-0.15, -0.1) is 0 Å². The van der Waals surface area contributed by atoms with Gasteiger partial charge in [0.1, 0.15) is 0 Å². The van der Waals surface area contributed by atoms with E-state index in [2.05, 4.69) is 10.3 Å². The fourth-order valence-corrected chi connectivity index (χ4v) is 3.26. The lowest BCUT2D eigenvalue weighted by Gasteiger charge is -2.31. The number of alkyl halides is 3. The topological polar surface area (TPSA) is 55.1 Å². The van der Waals surface area contributed by atoms with Gasteiger partial charge in [-0.25, -0.2) is 4.98 Å². The van der Waals surface area contributed by atoms with E-state index in [0.717, 1.165) is 5.56 Å². The number of hydrogen-bond donors (Lipinski definition) is 1. The number of nitrogens with zero attached hydrogens (tertiary/aromatic N) is 1. The molecule has 2 atom stereocenters. The standard InChI is InChI=1S/C18H19F3N2O2/c19-18(20,21)14-9-5-4-8-13(14)17(24)23-11-16-22-10-15(25-16)12-6-2-1-3-7-12/h1-3,6-7,10,13-14H,4-5,8-9,11H2,(H,23,24)/t13-,14-/m0/s1. The van der Waals surface area contributed by atoms with Crippen LogP contribution in [-0.4, -0.2) is 17.1 Å². The first-order chi connectivity index (χ1) is 11.9. The third-order valence-corrected chi connectivity index (χ3v) is 4.55. The lowest BCUT2D eigenvalue weighted by Crippen LogP contribution is -2.42. The number of hydrogen-bond acceptors (Lipinski definition) is 3. The molecule has 1 aliphatic rings. The van der Waals surface area contributed by atoms with Crippen molar-refractivity contribution in [3.05, 3.63) is 42.4 Å². The van der Waals surface area contributed by atoms with Crippen molar-refractivity contribution in [1.29, 1.82) is 0 Å². The van der Waals surface area contributed by atoms with Gasteiger partial charge in [0.05, 0.1) is 18.7 Å². The molecular weight excluding hydrogens is 333 g/mol. The summed E-state index contributed by atoms with van der Waals surface area (Å²) in [4.78, 5) is 16.3. The third-order valence-electron chi connectivity index (χ3n) is 4.55. The summed E-state index contributed by atoms with van der Waals surface area (Å²) in [7, 11) is 0. The van der Waals surface area contributed by atoms with Gasteiger partial charge in [-0.1, -0.05) is 43.2 Å². The van der Waals surface area contributed by atoms with E-state index in [1.165, 1.54) is 6.20 Å². The molecule has 3 rings (SSSR count). The highest BCUT2D eigenvalue weighted by molar-refractivity contribution is 5.79. The monoisotopic (exact) mass is 352 g/mol. The van der Waals surface area contributed by atoms with Crippen LogP contribution in [0.5, 0.6) is 0 Å². The van der Waals surface area contributed by atoms with E-state index < -0.39 is 23.9 Å². The maximum atomic E-state index is 13.1. The number of carbonyl (C=O) groups excluding carboxylic acids is 1. The molecule has 1 saturated carbocycles. The number of rotatable bonds is 4. The number of amides is 1. The number of halogens is 3. The van der Waals surface area contributed by atoms with Gasteiger partial charge < -0.3 is 9.73 Å². The molecule has 25 heavy (non-hydrogen) atoms. The Morgan fingerprint density at radius 2 is 1.92 bits per heavy atom. The highest BCUT2D eigenvalue weighted by Gasteiger charge is 2.47. The first kappa shape index (κ1) is 17.5. The molecule has 0 spiro atoms. The van der Waals surface area contributed by atoms with Crippen molar-refractivity contribution in [3.63, 3.8) is 0 Å². The molecule has 1 aromatic heterocycles. The first-order valence-electron chi connectivity index (χ1n) is 8.29. The number of nitrogens with one attached hydrogen (secondary N) is 1. The summed E-state index contributed by atoms with van der Waals surface area (Å²) in [6, 6.07) is 9.32. The van der Waals surface area contributed by atoms with Crippen LogP contribution >= 0.6 is 0 Å². The average molecular weight is 352 g/mol. The molecule has 1 amide bonds. The predicted octanol–water partition coefficient (Wildman–Crippen LogP) is 4.33. The predicted molar refractivity (Wildman–Crippen MR) is 85.3 cm³/mol. The van der Waals surface area contributed by atoms with Gasteiger partial charge in [-0.05, 0) is 12.8 Å².